The molecule has 0 unspecified atom stereocenters. The molecule has 1 aromatic rings. The van der Waals surface area contributed by atoms with E-state index < -0.39 is 0 Å². The molecule has 0 aromatic carbocycles. The highest BCUT2D eigenvalue weighted by Gasteiger charge is 2.16. The number of amides is 3. The molecule has 2 heterocycles. The highest BCUT2D eigenvalue weighted by molar-refractivity contribution is 7.12. The van der Waals surface area contributed by atoms with Gasteiger partial charge in [-0.3, -0.25) is 4.79 Å². The summed E-state index contributed by atoms with van der Waals surface area (Å²) in [4.78, 5) is 28.1. The number of thiophene rings is 1. The van der Waals surface area contributed by atoms with E-state index in [-0.39, 0.29) is 18.0 Å². The maximum absolute atomic E-state index is 12.0. The van der Waals surface area contributed by atoms with Crippen LogP contribution in [0, 0.1) is 6.92 Å². The number of likely N-dealkylation sites (tertiary alicyclic amines) is 1. The van der Waals surface area contributed by atoms with Gasteiger partial charge in [0, 0.05) is 35.8 Å². The van der Waals surface area contributed by atoms with Gasteiger partial charge in [0.2, 0.25) is 5.91 Å². The zero-order valence-electron chi connectivity index (χ0n) is 13.4. The van der Waals surface area contributed by atoms with Crippen molar-refractivity contribution in [3.63, 3.8) is 0 Å². The number of urea groups is 1. The number of piperidine rings is 1. The van der Waals surface area contributed by atoms with Crippen LogP contribution in [0.15, 0.2) is 12.1 Å². The quantitative estimate of drug-likeness (QED) is 0.875. The zero-order chi connectivity index (χ0) is 15.9. The van der Waals surface area contributed by atoms with Gasteiger partial charge in [-0.2, -0.15) is 0 Å². The summed E-state index contributed by atoms with van der Waals surface area (Å²) in [5, 5.41) is 5.67. The van der Waals surface area contributed by atoms with Gasteiger partial charge in [-0.15, -0.1) is 11.3 Å². The van der Waals surface area contributed by atoms with E-state index in [1.54, 1.807) is 11.3 Å². The highest BCUT2D eigenvalue weighted by atomic mass is 32.1. The third-order valence-electron chi connectivity index (χ3n) is 3.87. The Kier molecular flexibility index (Phi) is 6.24. The van der Waals surface area contributed by atoms with Gasteiger partial charge in [0.1, 0.15) is 0 Å². The largest absolute Gasteiger partial charge is 0.343 e. The van der Waals surface area contributed by atoms with Gasteiger partial charge in [-0.05, 0) is 45.2 Å². The van der Waals surface area contributed by atoms with Crippen molar-refractivity contribution in [2.75, 3.05) is 19.6 Å². The summed E-state index contributed by atoms with van der Waals surface area (Å²) in [6.45, 7) is 6.12. The van der Waals surface area contributed by atoms with Gasteiger partial charge >= 0.3 is 6.03 Å². The average molecular weight is 323 g/mol. The molecular formula is C16H25N3O2S. The molecule has 5 nitrogen and oxygen atoms in total. The van der Waals surface area contributed by atoms with Crippen LogP contribution in [0.1, 0.15) is 48.4 Å². The van der Waals surface area contributed by atoms with E-state index >= 15 is 0 Å². The Morgan fingerprint density at radius 1 is 1.27 bits per heavy atom. The smallest absolute Gasteiger partial charge is 0.315 e. The van der Waals surface area contributed by atoms with E-state index in [0.29, 0.717) is 13.0 Å². The van der Waals surface area contributed by atoms with Crippen LogP contribution >= 0.6 is 11.3 Å². The van der Waals surface area contributed by atoms with Crippen LogP contribution < -0.4 is 10.6 Å². The second-order valence-electron chi connectivity index (χ2n) is 5.76. The fraction of sp³-hybridized carbons (Fsp3) is 0.625. The van der Waals surface area contributed by atoms with E-state index in [4.69, 9.17) is 0 Å². The minimum Gasteiger partial charge on any atom is -0.343 e. The molecule has 6 heteroatoms. The van der Waals surface area contributed by atoms with Crippen LogP contribution in [0.3, 0.4) is 0 Å². The highest BCUT2D eigenvalue weighted by Crippen LogP contribution is 2.21. The van der Waals surface area contributed by atoms with E-state index in [2.05, 4.69) is 10.6 Å². The van der Waals surface area contributed by atoms with Crippen LogP contribution in [0.2, 0.25) is 0 Å². The Morgan fingerprint density at radius 2 is 2.00 bits per heavy atom. The summed E-state index contributed by atoms with van der Waals surface area (Å²) in [6.07, 6.45) is 3.78. The molecule has 1 saturated heterocycles. The number of hydrogen-bond acceptors (Lipinski definition) is 3. The Hall–Kier alpha value is -1.56. The van der Waals surface area contributed by atoms with E-state index in [1.807, 2.05) is 30.9 Å². The normalized spacial score (nSPS) is 16.2. The van der Waals surface area contributed by atoms with Crippen LogP contribution in [-0.2, 0) is 4.79 Å². The van der Waals surface area contributed by atoms with E-state index in [1.165, 1.54) is 11.3 Å². The Bertz CT molecular complexity index is 509. The first-order valence-electron chi connectivity index (χ1n) is 7.95. The fourth-order valence-electron chi connectivity index (χ4n) is 2.59. The molecule has 0 radical (unpaired) electrons. The fourth-order valence-corrected chi connectivity index (χ4v) is 3.47. The van der Waals surface area contributed by atoms with Gasteiger partial charge in [0.05, 0.1) is 6.04 Å². The van der Waals surface area contributed by atoms with Crippen molar-refractivity contribution in [2.24, 2.45) is 0 Å². The minimum absolute atomic E-state index is 0.0171. The lowest BCUT2D eigenvalue weighted by Gasteiger charge is -2.26. The molecule has 1 aromatic heterocycles. The van der Waals surface area contributed by atoms with E-state index in [9.17, 15) is 9.59 Å². The van der Waals surface area contributed by atoms with Crippen molar-refractivity contribution >= 4 is 23.3 Å². The monoisotopic (exact) mass is 323 g/mol. The summed E-state index contributed by atoms with van der Waals surface area (Å²) < 4.78 is 0. The number of hydrogen-bond donors (Lipinski definition) is 2. The van der Waals surface area contributed by atoms with Crippen molar-refractivity contribution in [2.45, 2.75) is 45.6 Å². The second-order valence-corrected chi connectivity index (χ2v) is 7.08. The summed E-state index contributed by atoms with van der Waals surface area (Å²) in [5.41, 5.74) is 0. The van der Waals surface area contributed by atoms with Gasteiger partial charge < -0.3 is 15.5 Å². The van der Waals surface area contributed by atoms with Gasteiger partial charge in [0.25, 0.3) is 0 Å². The van der Waals surface area contributed by atoms with Crippen molar-refractivity contribution in [3.05, 3.63) is 21.9 Å². The molecule has 0 bridgehead atoms. The number of aryl methyl sites for hydroxylation is 1. The van der Waals surface area contributed by atoms with Gasteiger partial charge in [-0.25, -0.2) is 4.79 Å². The zero-order valence-corrected chi connectivity index (χ0v) is 14.2. The molecule has 1 aliphatic rings. The first-order chi connectivity index (χ1) is 10.6. The van der Waals surface area contributed by atoms with Crippen LogP contribution in [0.4, 0.5) is 4.79 Å². The summed E-state index contributed by atoms with van der Waals surface area (Å²) in [7, 11) is 0. The average Bonchev–Trinajstić information content (AvgIpc) is 2.94. The molecule has 22 heavy (non-hydrogen) atoms. The van der Waals surface area contributed by atoms with Crippen molar-refractivity contribution in [1.29, 1.82) is 0 Å². The topological polar surface area (TPSA) is 61.4 Å². The predicted molar refractivity (Wildman–Crippen MR) is 89.1 cm³/mol. The lowest BCUT2D eigenvalue weighted by Crippen LogP contribution is -2.40. The number of carbonyl (C=O) groups is 2. The van der Waals surface area contributed by atoms with Crippen molar-refractivity contribution < 1.29 is 9.59 Å². The maximum Gasteiger partial charge on any atom is 0.315 e. The molecule has 122 valence electrons. The molecule has 1 atom stereocenters. The third-order valence-corrected chi connectivity index (χ3v) is 5.05. The number of nitrogens with zero attached hydrogens (tertiary/aromatic N) is 1. The van der Waals surface area contributed by atoms with Crippen LogP contribution in [-0.4, -0.2) is 36.5 Å². The molecule has 2 rings (SSSR count). The molecule has 3 amide bonds. The van der Waals surface area contributed by atoms with Gasteiger partial charge in [-0.1, -0.05) is 0 Å². The molecule has 1 aliphatic heterocycles. The maximum atomic E-state index is 12.0. The Labute approximate surface area is 136 Å². The lowest BCUT2D eigenvalue weighted by atomic mass is 10.1. The molecule has 0 spiro atoms. The molecule has 2 N–H and O–H groups in total. The minimum atomic E-state index is -0.218. The Morgan fingerprint density at radius 3 is 2.64 bits per heavy atom. The molecule has 1 fully saturated rings. The Balaban J connectivity index is 1.66. The SMILES string of the molecule is Cc1ccc([C@H](C)NC(=O)NCCC(=O)N2CCCCC2)s1. The van der Waals surface area contributed by atoms with Crippen molar-refractivity contribution in [3.8, 4) is 0 Å². The first kappa shape index (κ1) is 16.8. The first-order valence-corrected chi connectivity index (χ1v) is 8.76. The van der Waals surface area contributed by atoms with Gasteiger partial charge in [0.15, 0.2) is 0 Å². The number of carbonyl (C=O) groups excluding carboxylic acids is 2. The molecular weight excluding hydrogens is 298 g/mol. The lowest BCUT2D eigenvalue weighted by molar-refractivity contribution is -0.131. The van der Waals surface area contributed by atoms with E-state index in [0.717, 1.165) is 30.8 Å². The van der Waals surface area contributed by atoms with Crippen LogP contribution in [0.5, 0.6) is 0 Å². The number of rotatable bonds is 5. The van der Waals surface area contributed by atoms with Crippen molar-refractivity contribution in [1.82, 2.24) is 15.5 Å². The number of nitrogens with one attached hydrogen (secondary N) is 2. The molecule has 0 aliphatic carbocycles. The standard InChI is InChI=1S/C16H25N3O2S/c1-12-6-7-14(22-12)13(2)18-16(21)17-9-8-15(20)19-10-4-3-5-11-19/h6-7,13H,3-5,8-11H2,1-2H3,(H2,17,18,21)/t13-/m0/s1. The summed E-state index contributed by atoms with van der Waals surface area (Å²) >= 11 is 1.68. The third kappa shape index (κ3) is 5.02. The summed E-state index contributed by atoms with van der Waals surface area (Å²) in [6, 6.07) is 3.85. The summed E-state index contributed by atoms with van der Waals surface area (Å²) in [5.74, 6) is 0.141. The predicted octanol–water partition coefficient (Wildman–Crippen LogP) is 2.82. The second kappa shape index (κ2) is 8.17. The molecule has 0 saturated carbocycles. The van der Waals surface area contributed by atoms with Crippen LogP contribution in [0.25, 0.3) is 0 Å².